The van der Waals surface area contributed by atoms with Gasteiger partial charge in [0, 0.05) is 10.6 Å². The molecule has 0 heterocycles. The van der Waals surface area contributed by atoms with Gasteiger partial charge in [-0.2, -0.15) is 0 Å². The van der Waals surface area contributed by atoms with Gasteiger partial charge in [0.1, 0.15) is 5.75 Å². The molecule has 1 rings (SSSR count). The Hall–Kier alpha value is -0.730. The highest BCUT2D eigenvalue weighted by atomic mass is 35.5. The standard InChI is InChI=1S/C13H20ClNO/c1-4-7-13(2,15)9-10-8-11(14)5-6-12(10)16-3/h5-6,8H,4,7,9,15H2,1-3H3. The molecule has 0 amide bonds. The monoisotopic (exact) mass is 241 g/mol. The van der Waals surface area contributed by atoms with Crippen LogP contribution in [-0.2, 0) is 6.42 Å². The Morgan fingerprint density at radius 2 is 2.12 bits per heavy atom. The van der Waals surface area contributed by atoms with Crippen molar-refractivity contribution in [3.63, 3.8) is 0 Å². The van der Waals surface area contributed by atoms with Crippen molar-refractivity contribution in [2.24, 2.45) is 5.73 Å². The molecule has 0 aliphatic heterocycles. The van der Waals surface area contributed by atoms with Crippen molar-refractivity contribution in [2.45, 2.75) is 38.6 Å². The van der Waals surface area contributed by atoms with Gasteiger partial charge in [0.05, 0.1) is 7.11 Å². The second-order valence-corrected chi connectivity index (χ2v) is 4.97. The molecule has 3 heteroatoms. The molecule has 0 aromatic heterocycles. The number of methoxy groups -OCH3 is 1. The van der Waals surface area contributed by atoms with Crippen LogP contribution in [0, 0.1) is 0 Å². The Bertz CT molecular complexity index is 350. The molecule has 0 aliphatic carbocycles. The molecule has 1 aromatic rings. The Kier molecular flexibility index (Phi) is 4.63. The summed E-state index contributed by atoms with van der Waals surface area (Å²) in [4.78, 5) is 0. The Morgan fingerprint density at radius 3 is 2.69 bits per heavy atom. The Morgan fingerprint density at radius 1 is 1.44 bits per heavy atom. The van der Waals surface area contributed by atoms with Gasteiger partial charge in [-0.1, -0.05) is 24.9 Å². The van der Waals surface area contributed by atoms with E-state index in [0.717, 1.165) is 35.6 Å². The molecule has 1 unspecified atom stereocenters. The molecule has 0 fully saturated rings. The second kappa shape index (κ2) is 5.55. The maximum Gasteiger partial charge on any atom is 0.122 e. The highest BCUT2D eigenvalue weighted by Crippen LogP contribution is 2.27. The van der Waals surface area contributed by atoms with Gasteiger partial charge in [0.25, 0.3) is 0 Å². The fourth-order valence-electron chi connectivity index (χ4n) is 1.98. The quantitative estimate of drug-likeness (QED) is 0.858. The largest absolute Gasteiger partial charge is 0.496 e. The number of rotatable bonds is 5. The third-order valence-corrected chi connectivity index (χ3v) is 2.89. The molecule has 0 bridgehead atoms. The van der Waals surface area contributed by atoms with E-state index in [1.807, 2.05) is 18.2 Å². The summed E-state index contributed by atoms with van der Waals surface area (Å²) in [5, 5.41) is 0.725. The van der Waals surface area contributed by atoms with E-state index in [9.17, 15) is 0 Å². The van der Waals surface area contributed by atoms with Crippen molar-refractivity contribution in [2.75, 3.05) is 7.11 Å². The number of hydrogen-bond donors (Lipinski definition) is 1. The second-order valence-electron chi connectivity index (χ2n) is 4.54. The zero-order valence-electron chi connectivity index (χ0n) is 10.2. The lowest BCUT2D eigenvalue weighted by Gasteiger charge is -2.25. The van der Waals surface area contributed by atoms with Crippen LogP contribution in [0.4, 0.5) is 0 Å². The summed E-state index contributed by atoms with van der Waals surface area (Å²) in [6.07, 6.45) is 2.85. The molecule has 0 aliphatic rings. The van der Waals surface area contributed by atoms with Crippen LogP contribution in [0.3, 0.4) is 0 Å². The average molecular weight is 242 g/mol. The highest BCUT2D eigenvalue weighted by Gasteiger charge is 2.20. The predicted molar refractivity (Wildman–Crippen MR) is 69.2 cm³/mol. The normalized spacial score (nSPS) is 14.6. The summed E-state index contributed by atoms with van der Waals surface area (Å²) >= 11 is 5.98. The van der Waals surface area contributed by atoms with E-state index in [1.54, 1.807) is 7.11 Å². The molecule has 0 saturated heterocycles. The van der Waals surface area contributed by atoms with Crippen LogP contribution in [-0.4, -0.2) is 12.6 Å². The maximum atomic E-state index is 6.23. The van der Waals surface area contributed by atoms with Gasteiger partial charge in [-0.05, 0) is 43.5 Å². The number of halogens is 1. The van der Waals surface area contributed by atoms with Crippen molar-refractivity contribution in [3.8, 4) is 5.75 Å². The van der Waals surface area contributed by atoms with Gasteiger partial charge >= 0.3 is 0 Å². The Labute approximate surface area is 103 Å². The minimum atomic E-state index is -0.202. The number of ether oxygens (including phenoxy) is 1. The van der Waals surface area contributed by atoms with Gasteiger partial charge in [-0.25, -0.2) is 0 Å². The number of benzene rings is 1. The molecule has 0 radical (unpaired) electrons. The van der Waals surface area contributed by atoms with E-state index in [2.05, 4.69) is 13.8 Å². The number of hydrogen-bond acceptors (Lipinski definition) is 2. The molecule has 1 atom stereocenters. The van der Waals surface area contributed by atoms with Crippen LogP contribution < -0.4 is 10.5 Å². The minimum Gasteiger partial charge on any atom is -0.496 e. The molecule has 1 aromatic carbocycles. The first-order chi connectivity index (χ1) is 7.48. The minimum absolute atomic E-state index is 0.202. The van der Waals surface area contributed by atoms with Gasteiger partial charge in [-0.3, -0.25) is 0 Å². The molecular weight excluding hydrogens is 222 g/mol. The highest BCUT2D eigenvalue weighted by molar-refractivity contribution is 6.30. The lowest BCUT2D eigenvalue weighted by molar-refractivity contribution is 0.388. The molecule has 2 N–H and O–H groups in total. The van der Waals surface area contributed by atoms with Crippen molar-refractivity contribution in [1.29, 1.82) is 0 Å². The predicted octanol–water partition coefficient (Wildman–Crippen LogP) is 3.41. The number of nitrogens with two attached hydrogens (primary N) is 1. The topological polar surface area (TPSA) is 35.2 Å². The van der Waals surface area contributed by atoms with E-state index in [-0.39, 0.29) is 5.54 Å². The lowest BCUT2D eigenvalue weighted by Crippen LogP contribution is -2.38. The summed E-state index contributed by atoms with van der Waals surface area (Å²) in [7, 11) is 1.67. The first-order valence-electron chi connectivity index (χ1n) is 5.60. The van der Waals surface area contributed by atoms with Crippen molar-refractivity contribution in [3.05, 3.63) is 28.8 Å². The molecule has 0 saturated carbocycles. The summed E-state index contributed by atoms with van der Waals surface area (Å²) in [5.74, 6) is 0.858. The van der Waals surface area contributed by atoms with Crippen LogP contribution in [0.15, 0.2) is 18.2 Å². The van der Waals surface area contributed by atoms with Crippen LogP contribution in [0.5, 0.6) is 5.75 Å². The first-order valence-corrected chi connectivity index (χ1v) is 5.97. The maximum absolute atomic E-state index is 6.23. The fourth-order valence-corrected chi connectivity index (χ4v) is 2.17. The van der Waals surface area contributed by atoms with Gasteiger partial charge in [-0.15, -0.1) is 0 Å². The van der Waals surface area contributed by atoms with Crippen LogP contribution in [0.1, 0.15) is 32.3 Å². The zero-order valence-corrected chi connectivity index (χ0v) is 11.0. The summed E-state index contributed by atoms with van der Waals surface area (Å²) in [6, 6.07) is 5.65. The smallest absolute Gasteiger partial charge is 0.122 e. The van der Waals surface area contributed by atoms with Crippen LogP contribution in [0.25, 0.3) is 0 Å². The first kappa shape index (κ1) is 13.3. The zero-order chi connectivity index (χ0) is 12.2. The summed E-state index contributed by atoms with van der Waals surface area (Å²) < 4.78 is 5.31. The van der Waals surface area contributed by atoms with Crippen LogP contribution in [0.2, 0.25) is 5.02 Å². The molecule has 2 nitrogen and oxygen atoms in total. The van der Waals surface area contributed by atoms with Gasteiger partial charge < -0.3 is 10.5 Å². The van der Waals surface area contributed by atoms with E-state index in [4.69, 9.17) is 22.1 Å². The van der Waals surface area contributed by atoms with Crippen LogP contribution >= 0.6 is 11.6 Å². The SMILES string of the molecule is CCCC(C)(N)Cc1cc(Cl)ccc1OC. The fraction of sp³-hybridized carbons (Fsp3) is 0.538. The third kappa shape index (κ3) is 3.69. The van der Waals surface area contributed by atoms with Gasteiger partial charge in [0.15, 0.2) is 0 Å². The molecule has 0 spiro atoms. The van der Waals surface area contributed by atoms with E-state index in [1.165, 1.54) is 0 Å². The van der Waals surface area contributed by atoms with E-state index in [0.29, 0.717) is 0 Å². The van der Waals surface area contributed by atoms with Crippen molar-refractivity contribution in [1.82, 2.24) is 0 Å². The molecular formula is C13H20ClNO. The molecule has 16 heavy (non-hydrogen) atoms. The van der Waals surface area contributed by atoms with E-state index < -0.39 is 0 Å². The third-order valence-electron chi connectivity index (χ3n) is 2.66. The average Bonchev–Trinajstić information content (AvgIpc) is 2.17. The van der Waals surface area contributed by atoms with E-state index >= 15 is 0 Å². The Balaban J connectivity index is 2.90. The van der Waals surface area contributed by atoms with Crippen molar-refractivity contribution >= 4 is 11.6 Å². The van der Waals surface area contributed by atoms with Gasteiger partial charge in [0.2, 0.25) is 0 Å². The summed E-state index contributed by atoms with van der Waals surface area (Å²) in [6.45, 7) is 4.21. The molecule has 90 valence electrons. The van der Waals surface area contributed by atoms with Crippen molar-refractivity contribution < 1.29 is 4.74 Å². The lowest BCUT2D eigenvalue weighted by atomic mass is 9.89. The summed E-state index contributed by atoms with van der Waals surface area (Å²) in [5.41, 5.74) is 7.11.